The number of carbonyl (C=O) groups excluding carboxylic acids is 3. The molecule has 2 rings (SSSR count). The molecule has 1 atom stereocenters. The van der Waals surface area contributed by atoms with Gasteiger partial charge in [-0.05, 0) is 54.1 Å². The molecule has 0 aliphatic carbocycles. The van der Waals surface area contributed by atoms with Crippen molar-refractivity contribution in [3.05, 3.63) is 34.3 Å². The standard InChI is InChI=1S/C17H20BrN3O4S/c1-10(2)25-14(22)9-13-16(24)19-7-8-21(13)17(26)20-15(23)11-5-3-4-6-12(11)18/h3-6,10,13H,7-9H2,1-2H3,(H,19,24)(H,20,23,26). The first kappa shape index (κ1) is 20.3. The number of esters is 1. The number of hydrogen-bond acceptors (Lipinski definition) is 5. The van der Waals surface area contributed by atoms with Gasteiger partial charge >= 0.3 is 5.97 Å². The number of benzene rings is 1. The van der Waals surface area contributed by atoms with E-state index in [9.17, 15) is 14.4 Å². The highest BCUT2D eigenvalue weighted by molar-refractivity contribution is 9.10. The van der Waals surface area contributed by atoms with E-state index < -0.39 is 17.9 Å². The first-order chi connectivity index (χ1) is 12.3. The molecule has 0 spiro atoms. The summed E-state index contributed by atoms with van der Waals surface area (Å²) in [6.07, 6.45) is -0.417. The van der Waals surface area contributed by atoms with Crippen molar-refractivity contribution in [3.63, 3.8) is 0 Å². The molecular formula is C17H20BrN3O4S. The maximum Gasteiger partial charge on any atom is 0.308 e. The molecule has 0 radical (unpaired) electrons. The van der Waals surface area contributed by atoms with E-state index in [1.165, 1.54) is 0 Å². The van der Waals surface area contributed by atoms with Gasteiger partial charge in [0.1, 0.15) is 6.04 Å². The third-order valence-corrected chi connectivity index (χ3v) is 4.69. The lowest BCUT2D eigenvalue weighted by Gasteiger charge is -2.36. The summed E-state index contributed by atoms with van der Waals surface area (Å²) in [6, 6.07) is 6.12. The highest BCUT2D eigenvalue weighted by Crippen LogP contribution is 2.16. The zero-order valence-corrected chi connectivity index (χ0v) is 16.9. The molecule has 1 heterocycles. The SMILES string of the molecule is CC(C)OC(=O)CC1C(=O)NCCN1C(=S)NC(=O)c1ccccc1Br. The summed E-state index contributed by atoms with van der Waals surface area (Å²) in [5.74, 6) is -1.21. The molecule has 1 fully saturated rings. The average molecular weight is 442 g/mol. The van der Waals surface area contributed by atoms with E-state index in [4.69, 9.17) is 17.0 Å². The highest BCUT2D eigenvalue weighted by Gasteiger charge is 2.34. The molecule has 2 N–H and O–H groups in total. The van der Waals surface area contributed by atoms with Crippen LogP contribution in [0, 0.1) is 0 Å². The molecule has 1 aliphatic rings. The van der Waals surface area contributed by atoms with Crippen LogP contribution in [0.25, 0.3) is 0 Å². The van der Waals surface area contributed by atoms with Crippen molar-refractivity contribution >= 4 is 51.0 Å². The van der Waals surface area contributed by atoms with Crippen molar-refractivity contribution < 1.29 is 19.1 Å². The number of hydrogen-bond donors (Lipinski definition) is 2. The molecule has 1 unspecified atom stereocenters. The molecule has 1 aliphatic heterocycles. The van der Waals surface area contributed by atoms with Gasteiger partial charge in [0.25, 0.3) is 5.91 Å². The molecule has 7 nitrogen and oxygen atoms in total. The first-order valence-corrected chi connectivity index (χ1v) is 9.33. The van der Waals surface area contributed by atoms with Crippen LogP contribution >= 0.6 is 28.1 Å². The fourth-order valence-corrected chi connectivity index (χ4v) is 3.29. The van der Waals surface area contributed by atoms with Gasteiger partial charge in [0.05, 0.1) is 18.1 Å². The fraction of sp³-hybridized carbons (Fsp3) is 0.412. The summed E-state index contributed by atoms with van der Waals surface area (Å²) in [5, 5.41) is 5.43. The van der Waals surface area contributed by atoms with E-state index in [1.807, 2.05) is 0 Å². The number of halogens is 1. The Morgan fingerprint density at radius 2 is 2.12 bits per heavy atom. The van der Waals surface area contributed by atoms with Gasteiger partial charge in [-0.1, -0.05) is 12.1 Å². The smallest absolute Gasteiger partial charge is 0.308 e. The van der Waals surface area contributed by atoms with Crippen molar-refractivity contribution in [2.45, 2.75) is 32.4 Å². The van der Waals surface area contributed by atoms with E-state index in [0.29, 0.717) is 23.1 Å². The molecule has 9 heteroatoms. The minimum Gasteiger partial charge on any atom is -0.463 e. The Morgan fingerprint density at radius 1 is 1.42 bits per heavy atom. The quantitative estimate of drug-likeness (QED) is 0.544. The molecular weight excluding hydrogens is 422 g/mol. The van der Waals surface area contributed by atoms with Crippen LogP contribution in [0.2, 0.25) is 0 Å². The number of nitrogens with one attached hydrogen (secondary N) is 2. The van der Waals surface area contributed by atoms with Crippen molar-refractivity contribution in [3.8, 4) is 0 Å². The maximum absolute atomic E-state index is 12.4. The third-order valence-electron chi connectivity index (χ3n) is 3.66. The second-order valence-electron chi connectivity index (χ2n) is 5.98. The van der Waals surface area contributed by atoms with Crippen LogP contribution in [-0.4, -0.2) is 53.0 Å². The summed E-state index contributed by atoms with van der Waals surface area (Å²) in [6.45, 7) is 4.23. The van der Waals surface area contributed by atoms with Crippen LogP contribution in [0.3, 0.4) is 0 Å². The predicted molar refractivity (Wildman–Crippen MR) is 104 cm³/mol. The third kappa shape index (κ3) is 5.25. The molecule has 26 heavy (non-hydrogen) atoms. The van der Waals surface area contributed by atoms with Gasteiger partial charge in [0, 0.05) is 17.6 Å². The second kappa shape index (κ2) is 9.09. The summed E-state index contributed by atoms with van der Waals surface area (Å²) in [7, 11) is 0. The normalized spacial score (nSPS) is 16.8. The van der Waals surface area contributed by atoms with Crippen molar-refractivity contribution in [2.24, 2.45) is 0 Å². The number of ether oxygens (including phenoxy) is 1. The van der Waals surface area contributed by atoms with E-state index in [0.717, 1.165) is 0 Å². The van der Waals surface area contributed by atoms with Crippen LogP contribution in [0.5, 0.6) is 0 Å². The van der Waals surface area contributed by atoms with Gasteiger partial charge in [0.2, 0.25) is 5.91 Å². The van der Waals surface area contributed by atoms with Gasteiger partial charge in [-0.3, -0.25) is 19.7 Å². The molecule has 0 aromatic heterocycles. The maximum atomic E-state index is 12.4. The topological polar surface area (TPSA) is 87.7 Å². The molecule has 140 valence electrons. The minimum absolute atomic E-state index is 0.1000. The summed E-state index contributed by atoms with van der Waals surface area (Å²) in [5.41, 5.74) is 0.423. The van der Waals surface area contributed by atoms with Crippen molar-refractivity contribution in [1.29, 1.82) is 0 Å². The lowest BCUT2D eigenvalue weighted by molar-refractivity contribution is -0.150. The Balaban J connectivity index is 2.09. The summed E-state index contributed by atoms with van der Waals surface area (Å²) < 4.78 is 5.75. The summed E-state index contributed by atoms with van der Waals surface area (Å²) in [4.78, 5) is 38.1. The largest absolute Gasteiger partial charge is 0.463 e. The lowest BCUT2D eigenvalue weighted by Crippen LogP contribution is -2.60. The Morgan fingerprint density at radius 3 is 2.77 bits per heavy atom. The van der Waals surface area contributed by atoms with Gasteiger partial charge in [-0.25, -0.2) is 0 Å². The Kier molecular flexibility index (Phi) is 7.10. The predicted octanol–water partition coefficient (Wildman–Crippen LogP) is 1.61. The van der Waals surface area contributed by atoms with Gasteiger partial charge in [-0.15, -0.1) is 0 Å². The Bertz CT molecular complexity index is 726. The Hall–Kier alpha value is -2.00. The highest BCUT2D eigenvalue weighted by atomic mass is 79.9. The fourth-order valence-electron chi connectivity index (χ4n) is 2.51. The monoisotopic (exact) mass is 441 g/mol. The van der Waals surface area contributed by atoms with Crippen LogP contribution in [0.15, 0.2) is 28.7 Å². The van der Waals surface area contributed by atoms with E-state index in [1.54, 1.807) is 43.0 Å². The van der Waals surface area contributed by atoms with Crippen molar-refractivity contribution in [1.82, 2.24) is 15.5 Å². The van der Waals surface area contributed by atoms with Gasteiger partial charge in [0.15, 0.2) is 5.11 Å². The number of rotatable bonds is 4. The molecule has 1 saturated heterocycles. The molecule has 2 amide bonds. The number of thiocarbonyl (C=S) groups is 1. The van der Waals surface area contributed by atoms with Crippen LogP contribution in [0.4, 0.5) is 0 Å². The summed E-state index contributed by atoms with van der Waals surface area (Å²) >= 11 is 8.63. The Labute approximate surface area is 165 Å². The minimum atomic E-state index is -0.818. The van der Waals surface area contributed by atoms with E-state index in [2.05, 4.69) is 26.6 Å². The number of carbonyl (C=O) groups is 3. The number of nitrogens with zero attached hydrogens (tertiary/aromatic N) is 1. The van der Waals surface area contributed by atoms with Crippen LogP contribution in [0.1, 0.15) is 30.6 Å². The van der Waals surface area contributed by atoms with Gasteiger partial charge < -0.3 is 15.0 Å². The first-order valence-electron chi connectivity index (χ1n) is 8.13. The van der Waals surface area contributed by atoms with Gasteiger partial charge in [-0.2, -0.15) is 0 Å². The average Bonchev–Trinajstić information content (AvgIpc) is 2.56. The molecule has 0 saturated carbocycles. The lowest BCUT2D eigenvalue weighted by atomic mass is 10.1. The second-order valence-corrected chi connectivity index (χ2v) is 7.22. The van der Waals surface area contributed by atoms with Crippen LogP contribution in [-0.2, 0) is 14.3 Å². The molecule has 1 aromatic carbocycles. The van der Waals surface area contributed by atoms with Crippen molar-refractivity contribution in [2.75, 3.05) is 13.1 Å². The molecule has 1 aromatic rings. The van der Waals surface area contributed by atoms with E-state index in [-0.39, 0.29) is 23.5 Å². The van der Waals surface area contributed by atoms with Crippen LogP contribution < -0.4 is 10.6 Å². The zero-order valence-electron chi connectivity index (χ0n) is 14.5. The number of amides is 2. The molecule has 0 bridgehead atoms. The number of piperazine rings is 1. The zero-order chi connectivity index (χ0) is 19.3. The van der Waals surface area contributed by atoms with E-state index >= 15 is 0 Å².